The molecule has 0 aliphatic rings. The molecule has 0 aliphatic carbocycles. The van der Waals surface area contributed by atoms with Crippen LogP contribution in [0.5, 0.6) is 5.75 Å². The van der Waals surface area contributed by atoms with Gasteiger partial charge in [0.05, 0.1) is 11.2 Å². The summed E-state index contributed by atoms with van der Waals surface area (Å²) in [6.45, 7) is 7.06. The average Bonchev–Trinajstić information content (AvgIpc) is 2.80. The van der Waals surface area contributed by atoms with E-state index >= 15 is 0 Å². The predicted octanol–water partition coefficient (Wildman–Crippen LogP) is 5.39. The number of pyridine rings is 2. The van der Waals surface area contributed by atoms with Gasteiger partial charge < -0.3 is 20.3 Å². The van der Waals surface area contributed by atoms with Gasteiger partial charge in [0, 0.05) is 48.7 Å². The zero-order valence-corrected chi connectivity index (χ0v) is 20.6. The molecule has 0 amide bonds. The fourth-order valence-electron chi connectivity index (χ4n) is 4.20. The van der Waals surface area contributed by atoms with Crippen molar-refractivity contribution in [1.82, 2.24) is 14.9 Å². The fourth-order valence-corrected chi connectivity index (χ4v) is 4.20. The Balaban J connectivity index is 0.00000385. The first-order valence-electron chi connectivity index (χ1n) is 11.8. The molecule has 0 saturated heterocycles. The van der Waals surface area contributed by atoms with Gasteiger partial charge in [0.1, 0.15) is 0 Å². The van der Waals surface area contributed by atoms with E-state index in [1.54, 1.807) is 0 Å². The second-order valence-corrected chi connectivity index (χ2v) is 8.29. The van der Waals surface area contributed by atoms with E-state index in [4.69, 9.17) is 0 Å². The number of aromatic hydroxyl groups is 1. The van der Waals surface area contributed by atoms with Crippen molar-refractivity contribution < 1.29 is 5.11 Å². The fraction of sp³-hybridized carbons (Fsp3) is 0.462. The molecule has 0 spiro atoms. The first kappa shape index (κ1) is 26.7. The molecule has 3 aromatic rings. The Morgan fingerprint density at radius 3 is 2.45 bits per heavy atom. The van der Waals surface area contributed by atoms with Crippen LogP contribution in [0.1, 0.15) is 56.8 Å². The van der Waals surface area contributed by atoms with Crippen LogP contribution in [0.15, 0.2) is 47.4 Å². The number of aryl methyl sites for hydroxylation is 1. The lowest BCUT2D eigenvalue weighted by Crippen LogP contribution is -2.22. The SMILES string of the molecule is CCn1c(C)cc(=O)c(O)c1CNCCCCCCCCNc1ccnc2ccccc12.Cl. The molecule has 0 aliphatic heterocycles. The van der Waals surface area contributed by atoms with E-state index in [1.165, 1.54) is 37.1 Å². The van der Waals surface area contributed by atoms with E-state index < -0.39 is 0 Å². The van der Waals surface area contributed by atoms with Crippen molar-refractivity contribution in [1.29, 1.82) is 0 Å². The van der Waals surface area contributed by atoms with Crippen LogP contribution in [0.4, 0.5) is 5.69 Å². The van der Waals surface area contributed by atoms with Crippen molar-refractivity contribution >= 4 is 29.0 Å². The number of halogens is 1. The normalized spacial score (nSPS) is 10.8. The average molecular weight is 473 g/mol. The van der Waals surface area contributed by atoms with Gasteiger partial charge in [-0.3, -0.25) is 9.78 Å². The van der Waals surface area contributed by atoms with Gasteiger partial charge in [-0.05, 0) is 45.4 Å². The molecular formula is C26H37ClN4O2. The van der Waals surface area contributed by atoms with E-state index in [0.717, 1.165) is 49.4 Å². The zero-order valence-electron chi connectivity index (χ0n) is 19.8. The first-order valence-corrected chi connectivity index (χ1v) is 11.8. The lowest BCUT2D eigenvalue weighted by molar-refractivity contribution is 0.440. The molecule has 0 bridgehead atoms. The highest BCUT2D eigenvalue weighted by Gasteiger charge is 2.11. The third-order valence-electron chi connectivity index (χ3n) is 5.95. The van der Waals surface area contributed by atoms with Crippen LogP contribution >= 0.6 is 12.4 Å². The topological polar surface area (TPSA) is 79.2 Å². The highest BCUT2D eigenvalue weighted by atomic mass is 35.5. The molecule has 3 rings (SSSR count). The molecule has 3 N–H and O–H groups in total. The number of rotatable bonds is 13. The molecular weight excluding hydrogens is 436 g/mol. The summed E-state index contributed by atoms with van der Waals surface area (Å²) >= 11 is 0. The number of aromatic nitrogens is 2. The monoisotopic (exact) mass is 472 g/mol. The Hall–Kier alpha value is -2.57. The zero-order chi connectivity index (χ0) is 22.8. The maximum atomic E-state index is 11.9. The summed E-state index contributed by atoms with van der Waals surface area (Å²) in [7, 11) is 0. The molecule has 0 unspecified atom stereocenters. The van der Waals surface area contributed by atoms with Crippen LogP contribution in [-0.4, -0.2) is 27.7 Å². The lowest BCUT2D eigenvalue weighted by atomic mass is 10.1. The molecule has 2 heterocycles. The minimum absolute atomic E-state index is 0. The maximum Gasteiger partial charge on any atom is 0.223 e. The van der Waals surface area contributed by atoms with Gasteiger partial charge in [-0.25, -0.2) is 0 Å². The van der Waals surface area contributed by atoms with Crippen LogP contribution < -0.4 is 16.1 Å². The second-order valence-electron chi connectivity index (χ2n) is 8.29. The second kappa shape index (κ2) is 13.9. The summed E-state index contributed by atoms with van der Waals surface area (Å²) in [6, 6.07) is 11.8. The van der Waals surface area contributed by atoms with Crippen LogP contribution in [0.25, 0.3) is 10.9 Å². The van der Waals surface area contributed by atoms with Gasteiger partial charge in [0.2, 0.25) is 5.43 Å². The quantitative estimate of drug-likeness (QED) is 0.290. The molecule has 180 valence electrons. The highest BCUT2D eigenvalue weighted by molar-refractivity contribution is 5.90. The molecule has 7 heteroatoms. The van der Waals surface area contributed by atoms with E-state index in [1.807, 2.05) is 42.8 Å². The number of unbranched alkanes of at least 4 members (excludes halogenated alkanes) is 5. The predicted molar refractivity (Wildman–Crippen MR) is 140 cm³/mol. The van der Waals surface area contributed by atoms with Crippen LogP contribution in [0.2, 0.25) is 0 Å². The molecule has 0 atom stereocenters. The molecule has 0 saturated carbocycles. The molecule has 6 nitrogen and oxygen atoms in total. The van der Waals surface area contributed by atoms with Crippen molar-refractivity contribution in [3.8, 4) is 5.75 Å². The van der Waals surface area contributed by atoms with Gasteiger partial charge in [0.25, 0.3) is 0 Å². The number of para-hydroxylation sites is 1. The highest BCUT2D eigenvalue weighted by Crippen LogP contribution is 2.21. The standard InChI is InChI=1S/C26H36N4O2.ClH/c1-3-30-20(2)18-25(31)26(32)24(30)19-27-15-10-6-4-5-7-11-16-28-23-14-17-29-22-13-9-8-12-21(22)23;/h8-9,12-14,17-18,27,32H,3-7,10-11,15-16,19H2,1-2H3,(H,28,29);1H. The number of fused-ring (bicyclic) bond motifs is 1. The Kier molecular flexibility index (Phi) is 11.2. The summed E-state index contributed by atoms with van der Waals surface area (Å²) in [5, 5.41) is 18.2. The van der Waals surface area contributed by atoms with Crippen molar-refractivity contribution in [2.24, 2.45) is 0 Å². The number of benzene rings is 1. The Morgan fingerprint density at radius 1 is 1.00 bits per heavy atom. The summed E-state index contributed by atoms with van der Waals surface area (Å²) < 4.78 is 1.99. The molecule has 0 fully saturated rings. The van der Waals surface area contributed by atoms with Gasteiger partial charge in [-0.1, -0.05) is 43.9 Å². The third kappa shape index (κ3) is 7.47. The number of anilines is 1. The van der Waals surface area contributed by atoms with Crippen molar-refractivity contribution in [3.05, 3.63) is 64.2 Å². The molecule has 0 radical (unpaired) electrons. The molecule has 33 heavy (non-hydrogen) atoms. The number of nitrogens with zero attached hydrogens (tertiary/aromatic N) is 2. The Bertz CT molecular complexity index is 1060. The summed E-state index contributed by atoms with van der Waals surface area (Å²) in [4.78, 5) is 16.3. The largest absolute Gasteiger partial charge is 0.503 e. The maximum absolute atomic E-state index is 11.9. The van der Waals surface area contributed by atoms with Crippen LogP contribution in [-0.2, 0) is 13.1 Å². The first-order chi connectivity index (χ1) is 15.6. The van der Waals surface area contributed by atoms with E-state index in [9.17, 15) is 9.90 Å². The van der Waals surface area contributed by atoms with Crippen molar-refractivity contribution in [2.45, 2.75) is 65.5 Å². The van der Waals surface area contributed by atoms with Crippen LogP contribution in [0, 0.1) is 6.92 Å². The minimum atomic E-state index is -0.296. The minimum Gasteiger partial charge on any atom is -0.503 e. The van der Waals surface area contributed by atoms with Gasteiger partial charge in [-0.15, -0.1) is 12.4 Å². The van der Waals surface area contributed by atoms with Crippen LogP contribution in [0.3, 0.4) is 0 Å². The molecule has 2 aromatic heterocycles. The number of hydrogen-bond acceptors (Lipinski definition) is 5. The van der Waals surface area contributed by atoms with Crippen molar-refractivity contribution in [2.75, 3.05) is 18.4 Å². The Labute approximate surface area is 202 Å². The third-order valence-corrected chi connectivity index (χ3v) is 5.95. The van der Waals surface area contributed by atoms with Gasteiger partial charge >= 0.3 is 0 Å². The number of hydrogen-bond donors (Lipinski definition) is 3. The Morgan fingerprint density at radius 2 is 1.70 bits per heavy atom. The summed E-state index contributed by atoms with van der Waals surface area (Å²) in [5.74, 6) is -0.127. The van der Waals surface area contributed by atoms with E-state index in [-0.39, 0.29) is 23.6 Å². The van der Waals surface area contributed by atoms with Gasteiger partial charge in [0.15, 0.2) is 5.75 Å². The lowest BCUT2D eigenvalue weighted by Gasteiger charge is -2.16. The van der Waals surface area contributed by atoms with Gasteiger partial charge in [-0.2, -0.15) is 0 Å². The van der Waals surface area contributed by atoms with Crippen molar-refractivity contribution in [3.63, 3.8) is 0 Å². The summed E-state index contributed by atoms with van der Waals surface area (Å²) in [6.07, 6.45) is 9.02. The summed E-state index contributed by atoms with van der Waals surface area (Å²) in [5.41, 5.74) is 3.47. The smallest absolute Gasteiger partial charge is 0.223 e. The van der Waals surface area contributed by atoms with E-state index in [0.29, 0.717) is 12.2 Å². The number of nitrogens with one attached hydrogen (secondary N) is 2. The van der Waals surface area contributed by atoms with E-state index in [2.05, 4.69) is 27.8 Å². The molecule has 1 aromatic carbocycles.